The van der Waals surface area contributed by atoms with Gasteiger partial charge in [-0.25, -0.2) is 0 Å². The molecule has 0 fully saturated rings. The van der Waals surface area contributed by atoms with E-state index in [0.29, 0.717) is 17.7 Å². The third kappa shape index (κ3) is 4.22. The highest BCUT2D eigenvalue weighted by Gasteiger charge is 2.12. The van der Waals surface area contributed by atoms with Gasteiger partial charge < -0.3 is 9.84 Å². The molecule has 1 rings (SSSR count). The Morgan fingerprint density at radius 2 is 1.89 bits per heavy atom. The fraction of sp³-hybridized carbons (Fsp3) is 0.600. The predicted molar refractivity (Wildman–Crippen MR) is 75.0 cm³/mol. The molecule has 0 amide bonds. The van der Waals surface area contributed by atoms with E-state index in [1.165, 1.54) is 0 Å². The average Bonchev–Trinajstić information content (AvgIpc) is 2.27. The van der Waals surface area contributed by atoms with E-state index in [4.69, 9.17) is 4.74 Å². The molecule has 0 heterocycles. The molecule has 0 atom stereocenters. The lowest BCUT2D eigenvalue weighted by molar-refractivity contribution is 0.189. The molecule has 0 spiro atoms. The molecule has 18 heavy (non-hydrogen) atoms. The highest BCUT2D eigenvalue weighted by Crippen LogP contribution is 2.27. The van der Waals surface area contributed by atoms with Crippen molar-refractivity contribution in [2.45, 2.75) is 40.3 Å². The average molecular weight is 251 g/mol. The summed E-state index contributed by atoms with van der Waals surface area (Å²) in [6, 6.07) is 6.11. The maximum Gasteiger partial charge on any atom is 0.160 e. The molecule has 102 valence electrons. The third-order valence-electron chi connectivity index (χ3n) is 2.96. The van der Waals surface area contributed by atoms with E-state index in [1.54, 1.807) is 13.2 Å². The van der Waals surface area contributed by atoms with Crippen LogP contribution in [-0.2, 0) is 6.54 Å². The van der Waals surface area contributed by atoms with Crippen molar-refractivity contribution in [1.29, 1.82) is 0 Å². The smallest absolute Gasteiger partial charge is 0.160 e. The predicted octanol–water partition coefficient (Wildman–Crippen LogP) is 3.27. The number of phenols is 1. The second-order valence-corrected chi connectivity index (χ2v) is 5.42. The Hall–Kier alpha value is -1.22. The van der Waals surface area contributed by atoms with Crippen LogP contribution in [0.2, 0.25) is 0 Å². The van der Waals surface area contributed by atoms with Crippen LogP contribution in [0.3, 0.4) is 0 Å². The number of aromatic hydroxyl groups is 1. The Kier molecular flexibility index (Phi) is 5.48. The van der Waals surface area contributed by atoms with E-state index in [1.807, 2.05) is 12.1 Å². The quantitative estimate of drug-likeness (QED) is 0.842. The van der Waals surface area contributed by atoms with E-state index in [2.05, 4.69) is 32.6 Å². The second kappa shape index (κ2) is 6.64. The molecular formula is C15H25NO2. The van der Waals surface area contributed by atoms with E-state index >= 15 is 0 Å². The van der Waals surface area contributed by atoms with Gasteiger partial charge in [-0.3, -0.25) is 4.90 Å². The highest BCUT2D eigenvalue weighted by molar-refractivity contribution is 5.41. The summed E-state index contributed by atoms with van der Waals surface area (Å²) in [6.45, 7) is 10.8. The van der Waals surface area contributed by atoms with Gasteiger partial charge in [0.2, 0.25) is 0 Å². The third-order valence-corrected chi connectivity index (χ3v) is 2.96. The minimum absolute atomic E-state index is 0.211. The van der Waals surface area contributed by atoms with Crippen molar-refractivity contribution in [2.75, 3.05) is 13.7 Å². The van der Waals surface area contributed by atoms with Crippen molar-refractivity contribution in [3.63, 3.8) is 0 Å². The van der Waals surface area contributed by atoms with Crippen LogP contribution in [0, 0.1) is 5.92 Å². The minimum Gasteiger partial charge on any atom is -0.504 e. The summed E-state index contributed by atoms with van der Waals surface area (Å²) in [5, 5.41) is 9.78. The number of ether oxygens (including phenoxy) is 1. The van der Waals surface area contributed by atoms with Gasteiger partial charge in [0, 0.05) is 19.1 Å². The number of hydrogen-bond acceptors (Lipinski definition) is 3. The maximum absolute atomic E-state index is 9.78. The first kappa shape index (κ1) is 14.8. The van der Waals surface area contributed by atoms with Gasteiger partial charge in [-0.15, -0.1) is 0 Å². The van der Waals surface area contributed by atoms with Crippen LogP contribution in [0.25, 0.3) is 0 Å². The molecule has 0 aromatic heterocycles. The van der Waals surface area contributed by atoms with Gasteiger partial charge in [-0.05, 0) is 37.5 Å². The largest absolute Gasteiger partial charge is 0.504 e. The van der Waals surface area contributed by atoms with Crippen molar-refractivity contribution >= 4 is 0 Å². The number of benzene rings is 1. The Morgan fingerprint density at radius 1 is 1.22 bits per heavy atom. The molecule has 1 N–H and O–H groups in total. The van der Waals surface area contributed by atoms with E-state index in [9.17, 15) is 5.11 Å². The van der Waals surface area contributed by atoms with Gasteiger partial charge in [-0.1, -0.05) is 19.9 Å². The van der Waals surface area contributed by atoms with Crippen molar-refractivity contribution in [3.05, 3.63) is 23.8 Å². The van der Waals surface area contributed by atoms with Crippen LogP contribution in [0.5, 0.6) is 11.5 Å². The SMILES string of the molecule is COc1ccc(CN(CC(C)C)C(C)C)cc1O. The summed E-state index contributed by atoms with van der Waals surface area (Å²) < 4.78 is 5.05. The van der Waals surface area contributed by atoms with Gasteiger partial charge in [0.15, 0.2) is 11.5 Å². The van der Waals surface area contributed by atoms with Gasteiger partial charge in [-0.2, -0.15) is 0 Å². The minimum atomic E-state index is 0.211. The summed E-state index contributed by atoms with van der Waals surface area (Å²) >= 11 is 0. The molecule has 0 radical (unpaired) electrons. The van der Waals surface area contributed by atoms with Gasteiger partial charge in [0.1, 0.15) is 0 Å². The Morgan fingerprint density at radius 3 is 2.33 bits per heavy atom. The topological polar surface area (TPSA) is 32.7 Å². The number of hydrogen-bond donors (Lipinski definition) is 1. The monoisotopic (exact) mass is 251 g/mol. The van der Waals surface area contributed by atoms with Crippen LogP contribution in [0.1, 0.15) is 33.3 Å². The molecule has 0 aliphatic carbocycles. The van der Waals surface area contributed by atoms with Crippen molar-refractivity contribution in [2.24, 2.45) is 5.92 Å². The second-order valence-electron chi connectivity index (χ2n) is 5.42. The molecule has 0 unspecified atom stereocenters. The first-order valence-corrected chi connectivity index (χ1v) is 6.54. The summed E-state index contributed by atoms with van der Waals surface area (Å²) in [6.07, 6.45) is 0. The maximum atomic E-state index is 9.78. The molecule has 1 aromatic rings. The number of methoxy groups -OCH3 is 1. The van der Waals surface area contributed by atoms with Crippen molar-refractivity contribution in [3.8, 4) is 11.5 Å². The number of phenolic OH excluding ortho intramolecular Hbond substituents is 1. The zero-order chi connectivity index (χ0) is 13.7. The van der Waals surface area contributed by atoms with E-state index < -0.39 is 0 Å². The van der Waals surface area contributed by atoms with Crippen LogP contribution >= 0.6 is 0 Å². The first-order chi connectivity index (χ1) is 8.43. The lowest BCUT2D eigenvalue weighted by atomic mass is 10.1. The van der Waals surface area contributed by atoms with Crippen molar-refractivity contribution < 1.29 is 9.84 Å². The fourth-order valence-electron chi connectivity index (χ4n) is 2.00. The fourth-order valence-corrected chi connectivity index (χ4v) is 2.00. The van der Waals surface area contributed by atoms with Crippen LogP contribution in [0.4, 0.5) is 0 Å². The standard InChI is InChI=1S/C15H25NO2/c1-11(2)9-16(12(3)4)10-13-6-7-15(18-5)14(17)8-13/h6-8,11-12,17H,9-10H2,1-5H3. The van der Waals surface area contributed by atoms with E-state index in [-0.39, 0.29) is 5.75 Å². The Bertz CT molecular complexity index is 375. The Labute approximate surface area is 110 Å². The molecule has 0 aliphatic heterocycles. The number of nitrogens with zero attached hydrogens (tertiary/aromatic N) is 1. The van der Waals surface area contributed by atoms with Crippen LogP contribution in [-0.4, -0.2) is 29.7 Å². The highest BCUT2D eigenvalue weighted by atomic mass is 16.5. The molecule has 3 nitrogen and oxygen atoms in total. The van der Waals surface area contributed by atoms with Crippen molar-refractivity contribution in [1.82, 2.24) is 4.90 Å². The molecular weight excluding hydrogens is 226 g/mol. The van der Waals surface area contributed by atoms with E-state index in [0.717, 1.165) is 18.7 Å². The lowest BCUT2D eigenvalue weighted by Crippen LogP contribution is -2.33. The molecule has 0 bridgehead atoms. The first-order valence-electron chi connectivity index (χ1n) is 6.54. The van der Waals surface area contributed by atoms with Gasteiger partial charge in [0.05, 0.1) is 7.11 Å². The summed E-state index contributed by atoms with van der Waals surface area (Å²) in [7, 11) is 1.56. The summed E-state index contributed by atoms with van der Waals surface area (Å²) in [4.78, 5) is 2.41. The molecule has 1 aromatic carbocycles. The molecule has 0 saturated carbocycles. The molecule has 0 saturated heterocycles. The lowest BCUT2D eigenvalue weighted by Gasteiger charge is -2.28. The molecule has 3 heteroatoms. The normalized spacial score (nSPS) is 11.6. The van der Waals surface area contributed by atoms with Gasteiger partial charge in [0.25, 0.3) is 0 Å². The van der Waals surface area contributed by atoms with Crippen LogP contribution in [0.15, 0.2) is 18.2 Å². The van der Waals surface area contributed by atoms with Crippen LogP contribution < -0.4 is 4.74 Å². The zero-order valence-electron chi connectivity index (χ0n) is 12.1. The summed E-state index contributed by atoms with van der Waals surface area (Å²) in [5.41, 5.74) is 1.11. The summed E-state index contributed by atoms with van der Waals surface area (Å²) in [5.74, 6) is 1.38. The Balaban J connectivity index is 2.77. The zero-order valence-corrected chi connectivity index (χ0v) is 12.1. The van der Waals surface area contributed by atoms with Gasteiger partial charge >= 0.3 is 0 Å². The number of rotatable bonds is 6. The molecule has 0 aliphatic rings.